The van der Waals surface area contributed by atoms with Crippen LogP contribution >= 0.6 is 0 Å². The van der Waals surface area contributed by atoms with Crippen LogP contribution < -0.4 is 10.1 Å². The molecule has 3 aromatic carbocycles. The number of carbonyl (C=O) groups excluding carboxylic acids is 2. The van der Waals surface area contributed by atoms with E-state index in [2.05, 4.69) is 5.32 Å². The van der Waals surface area contributed by atoms with Crippen molar-refractivity contribution in [1.29, 1.82) is 0 Å². The zero-order valence-electron chi connectivity index (χ0n) is 23.0. The number of carbonyl (C=O) groups is 2. The van der Waals surface area contributed by atoms with Crippen LogP contribution in [-0.2, 0) is 29.0 Å². The van der Waals surface area contributed by atoms with Crippen molar-refractivity contribution in [3.8, 4) is 5.75 Å². The van der Waals surface area contributed by atoms with E-state index in [0.29, 0.717) is 12.2 Å². The first-order valence-electron chi connectivity index (χ1n) is 12.9. The molecule has 8 heteroatoms. The molecule has 2 N–H and O–H groups in total. The van der Waals surface area contributed by atoms with Crippen LogP contribution in [0.15, 0.2) is 84.9 Å². The van der Waals surface area contributed by atoms with Crippen molar-refractivity contribution in [2.24, 2.45) is 0 Å². The van der Waals surface area contributed by atoms with E-state index in [9.17, 15) is 14.7 Å². The van der Waals surface area contributed by atoms with Gasteiger partial charge in [-0.15, -0.1) is 0 Å². The summed E-state index contributed by atoms with van der Waals surface area (Å²) in [5.74, 6) is 0.652. The highest BCUT2D eigenvalue weighted by Crippen LogP contribution is 2.17. The highest BCUT2D eigenvalue weighted by molar-refractivity contribution is 5.69. The normalized spacial score (nSPS) is 12.6. The van der Waals surface area contributed by atoms with Gasteiger partial charge in [0.05, 0.1) is 25.8 Å². The van der Waals surface area contributed by atoms with Crippen LogP contribution in [0.4, 0.5) is 9.59 Å². The Kier molecular flexibility index (Phi) is 10.8. The van der Waals surface area contributed by atoms with Gasteiger partial charge in [-0.3, -0.25) is 0 Å². The summed E-state index contributed by atoms with van der Waals surface area (Å²) >= 11 is 0. The van der Waals surface area contributed by atoms with Gasteiger partial charge in [0.2, 0.25) is 0 Å². The molecule has 0 aliphatic rings. The van der Waals surface area contributed by atoms with E-state index in [0.717, 1.165) is 16.7 Å². The number of methoxy groups -OCH3 is 1. The minimum atomic E-state index is -1.12. The molecular formula is C31H38N2O6. The number of nitrogens with zero attached hydrogens (tertiary/aromatic N) is 1. The van der Waals surface area contributed by atoms with Gasteiger partial charge in [-0.1, -0.05) is 72.8 Å². The molecule has 208 valence electrons. The smallest absolute Gasteiger partial charge is 0.410 e. The zero-order valence-corrected chi connectivity index (χ0v) is 23.0. The molecule has 0 radical (unpaired) electrons. The Morgan fingerprint density at radius 2 is 1.51 bits per heavy atom. The van der Waals surface area contributed by atoms with Gasteiger partial charge in [-0.25, -0.2) is 9.59 Å². The molecular weight excluding hydrogens is 496 g/mol. The van der Waals surface area contributed by atoms with Crippen molar-refractivity contribution >= 4 is 12.2 Å². The van der Waals surface area contributed by atoms with E-state index in [1.165, 1.54) is 4.90 Å². The topological polar surface area (TPSA) is 97.3 Å². The fraction of sp³-hybridized carbons (Fsp3) is 0.355. The van der Waals surface area contributed by atoms with Crippen LogP contribution in [0.2, 0.25) is 0 Å². The van der Waals surface area contributed by atoms with Gasteiger partial charge in [-0.2, -0.15) is 0 Å². The maximum atomic E-state index is 13.3. The van der Waals surface area contributed by atoms with Crippen molar-refractivity contribution in [2.45, 2.75) is 58.1 Å². The average Bonchev–Trinajstić information content (AvgIpc) is 2.91. The standard InChI is InChI=1S/C31H38N2O6/c1-31(2,3)39-29(35)32-27(19-23-12-7-5-8-13-23)28(34)21-33(20-25-16-11-17-26(18-25)37-4)30(36)38-22-24-14-9-6-10-15-24/h5-18,27-28,34H,19-22H2,1-4H3,(H,32,35). The molecule has 2 amide bonds. The second kappa shape index (κ2) is 14.2. The fourth-order valence-corrected chi connectivity index (χ4v) is 3.97. The number of amides is 2. The average molecular weight is 535 g/mol. The van der Waals surface area contributed by atoms with Crippen molar-refractivity contribution in [3.05, 3.63) is 102 Å². The van der Waals surface area contributed by atoms with Gasteiger partial charge in [0.25, 0.3) is 0 Å². The Bertz CT molecular complexity index is 1180. The Balaban J connectivity index is 1.80. The van der Waals surface area contributed by atoms with Gasteiger partial charge < -0.3 is 29.5 Å². The number of aliphatic hydroxyl groups is 1. The summed E-state index contributed by atoms with van der Waals surface area (Å²) in [5.41, 5.74) is 1.87. The van der Waals surface area contributed by atoms with Gasteiger partial charge >= 0.3 is 12.2 Å². The van der Waals surface area contributed by atoms with E-state index in [1.807, 2.05) is 84.9 Å². The molecule has 2 unspecified atom stereocenters. The molecule has 3 aromatic rings. The van der Waals surface area contributed by atoms with E-state index in [1.54, 1.807) is 27.9 Å². The molecule has 39 heavy (non-hydrogen) atoms. The van der Waals surface area contributed by atoms with E-state index < -0.39 is 29.9 Å². The van der Waals surface area contributed by atoms with Gasteiger partial charge in [0.15, 0.2) is 0 Å². The number of nitrogens with one attached hydrogen (secondary N) is 1. The summed E-state index contributed by atoms with van der Waals surface area (Å²) < 4.78 is 16.4. The number of rotatable bonds is 11. The van der Waals surface area contributed by atoms with Crippen LogP contribution in [0, 0.1) is 0 Å². The Morgan fingerprint density at radius 3 is 2.13 bits per heavy atom. The number of hydrogen-bond donors (Lipinski definition) is 2. The van der Waals surface area contributed by atoms with Crippen LogP contribution in [0.3, 0.4) is 0 Å². The fourth-order valence-electron chi connectivity index (χ4n) is 3.97. The molecule has 2 atom stereocenters. The molecule has 0 saturated carbocycles. The third kappa shape index (κ3) is 10.3. The molecule has 3 rings (SSSR count). The molecule has 0 fully saturated rings. The third-order valence-electron chi connectivity index (χ3n) is 5.84. The molecule has 0 heterocycles. The number of aliphatic hydroxyl groups excluding tert-OH is 1. The largest absolute Gasteiger partial charge is 0.497 e. The van der Waals surface area contributed by atoms with Crippen LogP contribution in [0.25, 0.3) is 0 Å². The highest BCUT2D eigenvalue weighted by Gasteiger charge is 2.29. The lowest BCUT2D eigenvalue weighted by Crippen LogP contribution is -2.51. The van der Waals surface area contributed by atoms with Gasteiger partial charge in [0, 0.05) is 6.54 Å². The maximum absolute atomic E-state index is 13.3. The van der Waals surface area contributed by atoms with Gasteiger partial charge in [0.1, 0.15) is 18.0 Å². The van der Waals surface area contributed by atoms with Crippen LogP contribution in [0.5, 0.6) is 5.75 Å². The predicted molar refractivity (Wildman–Crippen MR) is 149 cm³/mol. The zero-order chi connectivity index (χ0) is 28.3. The predicted octanol–water partition coefficient (Wildman–Crippen LogP) is 5.33. The summed E-state index contributed by atoms with van der Waals surface area (Å²) in [7, 11) is 1.57. The molecule has 0 bridgehead atoms. The number of alkyl carbamates (subject to hydrolysis) is 1. The Morgan fingerprint density at radius 1 is 0.897 bits per heavy atom. The first-order chi connectivity index (χ1) is 18.6. The van der Waals surface area contributed by atoms with Crippen LogP contribution in [-0.4, -0.2) is 53.6 Å². The minimum absolute atomic E-state index is 0.0852. The molecule has 0 saturated heterocycles. The molecule has 0 aromatic heterocycles. The molecule has 0 aliphatic carbocycles. The number of ether oxygens (including phenoxy) is 3. The van der Waals surface area contributed by atoms with Crippen molar-refractivity contribution in [3.63, 3.8) is 0 Å². The van der Waals surface area contributed by atoms with Crippen LogP contribution in [0.1, 0.15) is 37.5 Å². The van der Waals surface area contributed by atoms with Gasteiger partial charge in [-0.05, 0) is 56.0 Å². The third-order valence-corrected chi connectivity index (χ3v) is 5.84. The monoisotopic (exact) mass is 534 g/mol. The lowest BCUT2D eigenvalue weighted by molar-refractivity contribution is 0.0327. The van der Waals surface area contributed by atoms with Crippen molar-refractivity contribution in [2.75, 3.05) is 13.7 Å². The van der Waals surface area contributed by atoms with Crippen molar-refractivity contribution in [1.82, 2.24) is 10.2 Å². The van der Waals surface area contributed by atoms with E-state index in [-0.39, 0.29) is 19.7 Å². The summed E-state index contributed by atoms with van der Waals surface area (Å²) in [4.78, 5) is 27.3. The first kappa shape index (κ1) is 29.5. The second-order valence-corrected chi connectivity index (χ2v) is 10.3. The lowest BCUT2D eigenvalue weighted by atomic mass is 10.0. The number of hydrogen-bond acceptors (Lipinski definition) is 6. The molecule has 0 aliphatic heterocycles. The summed E-state index contributed by atoms with van der Waals surface area (Å²) in [6.07, 6.45) is -2.01. The Labute approximate surface area is 230 Å². The maximum Gasteiger partial charge on any atom is 0.410 e. The summed E-state index contributed by atoms with van der Waals surface area (Å²) in [6.45, 7) is 5.49. The molecule has 0 spiro atoms. The summed E-state index contributed by atoms with van der Waals surface area (Å²) in [6, 6.07) is 25.5. The van der Waals surface area contributed by atoms with E-state index >= 15 is 0 Å². The summed E-state index contributed by atoms with van der Waals surface area (Å²) in [5, 5.41) is 14.2. The quantitative estimate of drug-likeness (QED) is 0.345. The second-order valence-electron chi connectivity index (χ2n) is 10.3. The minimum Gasteiger partial charge on any atom is -0.497 e. The molecule has 8 nitrogen and oxygen atoms in total. The SMILES string of the molecule is COc1cccc(CN(CC(O)C(Cc2ccccc2)NC(=O)OC(C)(C)C)C(=O)OCc2ccccc2)c1. The Hall–Kier alpha value is -4.04. The number of benzene rings is 3. The first-order valence-corrected chi connectivity index (χ1v) is 12.9. The lowest BCUT2D eigenvalue weighted by Gasteiger charge is -2.30. The van der Waals surface area contributed by atoms with Crippen molar-refractivity contribution < 1.29 is 28.9 Å². The van der Waals surface area contributed by atoms with E-state index in [4.69, 9.17) is 14.2 Å². The highest BCUT2D eigenvalue weighted by atomic mass is 16.6.